The van der Waals surface area contributed by atoms with Gasteiger partial charge in [-0.05, 0) is 25.1 Å². The molecule has 1 heterocycles. The van der Waals surface area contributed by atoms with Crippen molar-refractivity contribution in [3.8, 4) is 0 Å². The lowest BCUT2D eigenvalue weighted by molar-refractivity contribution is 0.101. The second-order valence-corrected chi connectivity index (χ2v) is 3.30. The number of Topliss-reactive ketones (excluding diaryl/α,β-unsaturated/α-hetero) is 1. The Hall–Kier alpha value is -1.97. The van der Waals surface area contributed by atoms with E-state index < -0.39 is 5.82 Å². The molecule has 1 N–H and O–H groups in total. The van der Waals surface area contributed by atoms with Gasteiger partial charge in [-0.3, -0.25) is 9.59 Å². The number of nitrogens with one attached hydrogen (secondary N) is 1. The molecule has 0 unspecified atom stereocenters. The van der Waals surface area contributed by atoms with E-state index in [1.807, 2.05) is 0 Å². The van der Waals surface area contributed by atoms with E-state index in [-0.39, 0.29) is 16.9 Å². The first-order valence-corrected chi connectivity index (χ1v) is 4.41. The van der Waals surface area contributed by atoms with Crippen molar-refractivity contribution in [2.24, 2.45) is 0 Å². The predicted molar refractivity (Wildman–Crippen MR) is 54.5 cm³/mol. The molecular formula is C11H8FNO2. The number of H-pyrrole nitrogens is 1. The molecule has 15 heavy (non-hydrogen) atoms. The van der Waals surface area contributed by atoms with Crippen LogP contribution in [0.1, 0.15) is 17.3 Å². The lowest BCUT2D eigenvalue weighted by Gasteiger charge is -2.01. The van der Waals surface area contributed by atoms with E-state index in [0.29, 0.717) is 10.9 Å². The van der Waals surface area contributed by atoms with E-state index in [9.17, 15) is 14.0 Å². The average molecular weight is 205 g/mol. The molecule has 0 saturated heterocycles. The van der Waals surface area contributed by atoms with E-state index >= 15 is 0 Å². The van der Waals surface area contributed by atoms with Crippen LogP contribution in [0.15, 0.2) is 29.1 Å². The monoisotopic (exact) mass is 205 g/mol. The molecule has 2 rings (SSSR count). The molecule has 0 radical (unpaired) electrons. The maximum Gasteiger partial charge on any atom is 0.248 e. The summed E-state index contributed by atoms with van der Waals surface area (Å²) in [6, 6.07) is 5.46. The lowest BCUT2D eigenvalue weighted by Crippen LogP contribution is -2.04. The van der Waals surface area contributed by atoms with Crippen molar-refractivity contribution < 1.29 is 9.18 Å². The molecule has 2 aromatic rings. The van der Waals surface area contributed by atoms with Crippen molar-refractivity contribution in [1.29, 1.82) is 0 Å². The number of aromatic amines is 1. The molecule has 0 fully saturated rings. The zero-order valence-electron chi connectivity index (χ0n) is 8.00. The first-order valence-electron chi connectivity index (χ1n) is 4.41. The summed E-state index contributed by atoms with van der Waals surface area (Å²) in [6.45, 7) is 1.37. The van der Waals surface area contributed by atoms with Crippen LogP contribution in [0.5, 0.6) is 0 Å². The Morgan fingerprint density at radius 2 is 2.07 bits per heavy atom. The summed E-state index contributed by atoms with van der Waals surface area (Å²) >= 11 is 0. The fraction of sp³-hybridized carbons (Fsp3) is 0.0909. The number of hydrogen-bond acceptors (Lipinski definition) is 2. The number of halogens is 1. The van der Waals surface area contributed by atoms with Crippen LogP contribution in [-0.2, 0) is 0 Å². The SMILES string of the molecule is CC(=O)c1cc(F)c2[nH]c(=O)ccc2c1. The van der Waals surface area contributed by atoms with Crippen molar-refractivity contribution in [1.82, 2.24) is 4.98 Å². The Morgan fingerprint density at radius 1 is 1.33 bits per heavy atom. The van der Waals surface area contributed by atoms with Crippen molar-refractivity contribution in [2.45, 2.75) is 6.92 Å². The van der Waals surface area contributed by atoms with Gasteiger partial charge in [-0.1, -0.05) is 0 Å². The standard InChI is InChI=1S/C11H8FNO2/c1-6(14)8-4-7-2-3-10(15)13-11(7)9(12)5-8/h2-5H,1H3,(H,13,15). The minimum Gasteiger partial charge on any atom is -0.319 e. The largest absolute Gasteiger partial charge is 0.319 e. The van der Waals surface area contributed by atoms with Crippen LogP contribution in [-0.4, -0.2) is 10.8 Å². The fourth-order valence-corrected chi connectivity index (χ4v) is 1.42. The quantitative estimate of drug-likeness (QED) is 0.722. The highest BCUT2D eigenvalue weighted by Crippen LogP contribution is 2.16. The summed E-state index contributed by atoms with van der Waals surface area (Å²) in [5.41, 5.74) is 0.0662. The van der Waals surface area contributed by atoms with E-state index in [1.165, 1.54) is 19.1 Å². The zero-order chi connectivity index (χ0) is 11.0. The van der Waals surface area contributed by atoms with Crippen LogP contribution in [0.2, 0.25) is 0 Å². The highest BCUT2D eigenvalue weighted by molar-refractivity contribution is 5.97. The lowest BCUT2D eigenvalue weighted by atomic mass is 10.1. The molecule has 0 spiro atoms. The smallest absolute Gasteiger partial charge is 0.248 e. The van der Waals surface area contributed by atoms with Gasteiger partial charge in [0.2, 0.25) is 5.56 Å². The number of benzene rings is 1. The first-order chi connectivity index (χ1) is 7.08. The van der Waals surface area contributed by atoms with E-state index in [1.54, 1.807) is 6.07 Å². The molecule has 0 atom stereocenters. The Bertz CT molecular complexity index is 601. The third-order valence-corrected chi connectivity index (χ3v) is 2.19. The molecule has 0 aliphatic heterocycles. The molecule has 3 nitrogen and oxygen atoms in total. The minimum absolute atomic E-state index is 0.132. The van der Waals surface area contributed by atoms with Gasteiger partial charge in [0.05, 0.1) is 5.52 Å². The molecule has 0 aliphatic rings. The molecule has 0 aliphatic carbocycles. The van der Waals surface area contributed by atoms with Gasteiger partial charge >= 0.3 is 0 Å². The highest BCUT2D eigenvalue weighted by Gasteiger charge is 2.07. The summed E-state index contributed by atoms with van der Waals surface area (Å²) < 4.78 is 13.5. The van der Waals surface area contributed by atoms with Crippen LogP contribution in [0.3, 0.4) is 0 Å². The summed E-state index contributed by atoms with van der Waals surface area (Å²) in [6.07, 6.45) is 0. The Morgan fingerprint density at radius 3 is 2.73 bits per heavy atom. The van der Waals surface area contributed by atoms with Crippen LogP contribution < -0.4 is 5.56 Å². The first kappa shape index (κ1) is 9.58. The van der Waals surface area contributed by atoms with Gasteiger partial charge in [0, 0.05) is 17.0 Å². The topological polar surface area (TPSA) is 49.9 Å². The Labute approximate surface area is 84.6 Å². The zero-order valence-corrected chi connectivity index (χ0v) is 8.00. The van der Waals surface area contributed by atoms with Gasteiger partial charge in [-0.2, -0.15) is 0 Å². The molecule has 4 heteroatoms. The van der Waals surface area contributed by atoms with Crippen LogP contribution >= 0.6 is 0 Å². The fourth-order valence-electron chi connectivity index (χ4n) is 1.42. The number of carbonyl (C=O) groups is 1. The molecule has 0 bridgehead atoms. The maximum absolute atomic E-state index is 13.5. The summed E-state index contributed by atoms with van der Waals surface area (Å²) in [5, 5.41) is 0.514. The molecule has 0 saturated carbocycles. The van der Waals surface area contributed by atoms with Gasteiger partial charge in [0.25, 0.3) is 0 Å². The third kappa shape index (κ3) is 1.66. The molecule has 0 amide bonds. The number of rotatable bonds is 1. The van der Waals surface area contributed by atoms with Gasteiger partial charge in [-0.25, -0.2) is 4.39 Å². The number of carbonyl (C=O) groups excluding carboxylic acids is 1. The third-order valence-electron chi connectivity index (χ3n) is 2.19. The number of fused-ring (bicyclic) bond motifs is 1. The van der Waals surface area contributed by atoms with Crippen LogP contribution in [0, 0.1) is 5.82 Å². The average Bonchev–Trinajstić information content (AvgIpc) is 2.18. The highest BCUT2D eigenvalue weighted by atomic mass is 19.1. The minimum atomic E-state index is -0.588. The van der Waals surface area contributed by atoms with Gasteiger partial charge < -0.3 is 4.98 Å². The maximum atomic E-state index is 13.5. The van der Waals surface area contributed by atoms with Gasteiger partial charge in [-0.15, -0.1) is 0 Å². The van der Waals surface area contributed by atoms with Crippen molar-refractivity contribution >= 4 is 16.7 Å². The number of hydrogen-bond donors (Lipinski definition) is 1. The molecule has 76 valence electrons. The number of ketones is 1. The van der Waals surface area contributed by atoms with E-state index in [0.717, 1.165) is 6.07 Å². The summed E-state index contributed by atoms with van der Waals surface area (Å²) in [5.74, 6) is -0.794. The predicted octanol–water partition coefficient (Wildman–Crippen LogP) is 1.87. The van der Waals surface area contributed by atoms with Gasteiger partial charge in [0.1, 0.15) is 5.82 Å². The second-order valence-electron chi connectivity index (χ2n) is 3.30. The summed E-state index contributed by atoms with van der Waals surface area (Å²) in [4.78, 5) is 24.4. The Kier molecular flexibility index (Phi) is 2.11. The normalized spacial score (nSPS) is 10.5. The summed E-state index contributed by atoms with van der Waals surface area (Å²) in [7, 11) is 0. The van der Waals surface area contributed by atoms with E-state index in [4.69, 9.17) is 0 Å². The molecular weight excluding hydrogens is 197 g/mol. The van der Waals surface area contributed by atoms with Crippen molar-refractivity contribution in [3.05, 3.63) is 46.0 Å². The van der Waals surface area contributed by atoms with Crippen LogP contribution in [0.25, 0.3) is 10.9 Å². The van der Waals surface area contributed by atoms with Crippen molar-refractivity contribution in [2.75, 3.05) is 0 Å². The number of pyridine rings is 1. The Balaban J connectivity index is 2.84. The second kappa shape index (κ2) is 3.31. The number of aromatic nitrogens is 1. The van der Waals surface area contributed by atoms with Crippen LogP contribution in [0.4, 0.5) is 4.39 Å². The molecule has 1 aromatic carbocycles. The van der Waals surface area contributed by atoms with Crippen molar-refractivity contribution in [3.63, 3.8) is 0 Å². The van der Waals surface area contributed by atoms with E-state index in [2.05, 4.69) is 4.98 Å². The van der Waals surface area contributed by atoms with Gasteiger partial charge in [0.15, 0.2) is 5.78 Å². The molecule has 1 aromatic heterocycles.